The second-order valence-corrected chi connectivity index (χ2v) is 15.5. The summed E-state index contributed by atoms with van der Waals surface area (Å²) in [6.07, 6.45) is 49.1. The Balaban J connectivity index is 4.55. The number of allylic oxidation sites excluding steroid dienone is 13. The minimum atomic E-state index is -4.66. The van der Waals surface area contributed by atoms with Crippen LogP contribution in [0.2, 0.25) is 0 Å². The molecule has 11 heteroatoms. The summed E-state index contributed by atoms with van der Waals surface area (Å²) >= 11 is 0. The highest BCUT2D eigenvalue weighted by Crippen LogP contribution is 2.43. The van der Waals surface area contributed by atoms with Crippen LogP contribution in [0.4, 0.5) is 0 Å². The maximum atomic E-state index is 12.6. The van der Waals surface area contributed by atoms with Gasteiger partial charge in [-0.05, 0) is 57.8 Å². The maximum Gasteiger partial charge on any atom is 0.472 e. The zero-order valence-electron chi connectivity index (χ0n) is 35.3. The molecule has 1 unspecified atom stereocenters. The van der Waals surface area contributed by atoms with Gasteiger partial charge in [-0.15, -0.1) is 0 Å². The van der Waals surface area contributed by atoms with Crippen molar-refractivity contribution in [2.45, 2.75) is 167 Å². The first-order valence-electron chi connectivity index (χ1n) is 21.6. The van der Waals surface area contributed by atoms with E-state index in [0.29, 0.717) is 6.42 Å². The number of phosphoric ester groups is 1. The number of hydrogen-bond acceptors (Lipinski definition) is 9. The SMILES string of the molecule is CCCCC/C=C/C/C=C/C/C=C/C/C=C/C/C=C/CCC(=O)O[C@H](COC(=O)/C=C/C=C/CCCCCCCCCCCCC)COP(=O)(O)OC[C@@H](O)CO. The van der Waals surface area contributed by atoms with E-state index in [1.54, 1.807) is 12.2 Å². The molecule has 0 bridgehead atoms. The van der Waals surface area contributed by atoms with Crippen LogP contribution >= 0.6 is 7.82 Å². The fourth-order valence-corrected chi connectivity index (χ4v) is 6.09. The van der Waals surface area contributed by atoms with Crippen molar-refractivity contribution >= 4 is 19.8 Å². The zero-order valence-corrected chi connectivity index (χ0v) is 36.2. The van der Waals surface area contributed by atoms with E-state index in [9.17, 15) is 24.2 Å². The van der Waals surface area contributed by atoms with Crippen molar-refractivity contribution in [2.24, 2.45) is 0 Å². The molecule has 326 valence electrons. The van der Waals surface area contributed by atoms with Gasteiger partial charge in [0.25, 0.3) is 0 Å². The van der Waals surface area contributed by atoms with Crippen LogP contribution in [0, 0.1) is 0 Å². The number of phosphoric acid groups is 1. The molecule has 0 aromatic carbocycles. The number of carbonyl (C=O) groups excluding carboxylic acids is 2. The summed E-state index contributed by atoms with van der Waals surface area (Å²) in [4.78, 5) is 34.8. The Hall–Kier alpha value is -2.85. The molecule has 0 aliphatic rings. The van der Waals surface area contributed by atoms with Gasteiger partial charge in [-0.25, -0.2) is 9.36 Å². The third-order valence-corrected chi connectivity index (χ3v) is 9.59. The minimum absolute atomic E-state index is 0.0371. The average Bonchev–Trinajstić information content (AvgIpc) is 3.20. The smallest absolute Gasteiger partial charge is 0.458 e. The molecule has 0 saturated carbocycles. The number of ether oxygens (including phenoxy) is 2. The first-order chi connectivity index (χ1) is 27.7. The van der Waals surface area contributed by atoms with Crippen LogP contribution in [0.1, 0.15) is 155 Å². The summed E-state index contributed by atoms with van der Waals surface area (Å²) in [6, 6.07) is 0. The Kier molecular flexibility index (Phi) is 39.2. The largest absolute Gasteiger partial charge is 0.472 e. The molecule has 0 radical (unpaired) electrons. The summed E-state index contributed by atoms with van der Waals surface area (Å²) in [5, 5.41) is 18.3. The fraction of sp³-hybridized carbons (Fsp3) is 0.652. The van der Waals surface area contributed by atoms with Crippen LogP contribution in [0.15, 0.2) is 85.1 Å². The van der Waals surface area contributed by atoms with Gasteiger partial charge in [0.05, 0.1) is 19.8 Å². The monoisotopic (exact) mass is 821 g/mol. The highest BCUT2D eigenvalue weighted by molar-refractivity contribution is 7.47. The molecule has 0 amide bonds. The van der Waals surface area contributed by atoms with Crippen LogP contribution in [0.25, 0.3) is 0 Å². The molecule has 57 heavy (non-hydrogen) atoms. The minimum Gasteiger partial charge on any atom is -0.458 e. The zero-order chi connectivity index (χ0) is 41.9. The third kappa shape index (κ3) is 41.1. The highest BCUT2D eigenvalue weighted by Gasteiger charge is 2.27. The molecule has 3 atom stereocenters. The van der Waals surface area contributed by atoms with Crippen molar-refractivity contribution in [3.05, 3.63) is 85.1 Å². The van der Waals surface area contributed by atoms with Crippen molar-refractivity contribution in [3.8, 4) is 0 Å². The van der Waals surface area contributed by atoms with Gasteiger partial charge >= 0.3 is 19.8 Å². The second-order valence-electron chi connectivity index (χ2n) is 14.1. The van der Waals surface area contributed by atoms with Gasteiger partial charge in [-0.3, -0.25) is 13.8 Å². The Bertz CT molecular complexity index is 1220. The van der Waals surface area contributed by atoms with Gasteiger partial charge < -0.3 is 24.6 Å². The molecule has 0 fully saturated rings. The van der Waals surface area contributed by atoms with Crippen molar-refractivity contribution < 1.29 is 47.8 Å². The summed E-state index contributed by atoms with van der Waals surface area (Å²) in [5.74, 6) is -1.28. The van der Waals surface area contributed by atoms with Gasteiger partial charge in [0.1, 0.15) is 12.7 Å². The number of hydrogen-bond donors (Lipinski definition) is 3. The molecular formula is C46H77O10P. The van der Waals surface area contributed by atoms with Gasteiger partial charge in [-0.2, -0.15) is 0 Å². The maximum absolute atomic E-state index is 12.6. The van der Waals surface area contributed by atoms with E-state index < -0.39 is 58.4 Å². The number of unbranched alkanes of at least 4 members (excludes halogenated alkanes) is 14. The van der Waals surface area contributed by atoms with Gasteiger partial charge in [0.2, 0.25) is 0 Å². The van der Waals surface area contributed by atoms with Crippen molar-refractivity contribution in [1.82, 2.24) is 0 Å². The first kappa shape index (κ1) is 54.2. The van der Waals surface area contributed by atoms with Gasteiger partial charge in [0, 0.05) is 12.5 Å². The fourth-order valence-electron chi connectivity index (χ4n) is 5.30. The normalized spacial score (nSPS) is 14.7. The van der Waals surface area contributed by atoms with Crippen LogP contribution in [0.5, 0.6) is 0 Å². The molecule has 0 saturated heterocycles. The average molecular weight is 821 g/mol. The number of rotatable bonds is 39. The standard InChI is InChI=1S/C46H77O10P/c1-3-5-7-9-11-13-15-17-19-20-21-22-24-26-28-30-32-34-36-38-46(50)56-44(42-55-57(51,52)54-40-43(48)39-47)41-53-45(49)37-35-33-31-29-27-25-23-18-16-14-12-10-8-6-4-2/h11,13,17,19,21-22,26,28,31-35,37,43-44,47-48H,3-10,12,14-16,18,20,23-25,27,29-30,36,38-42H2,1-2H3,(H,51,52)/b13-11+,19-17+,22-21+,28-26+,33-31+,34-32+,37-35+/t43-,44+/m0/s1. The quantitative estimate of drug-likeness (QED) is 0.0137. The number of esters is 2. The third-order valence-electron chi connectivity index (χ3n) is 8.64. The first-order valence-corrected chi connectivity index (χ1v) is 23.1. The Labute approximate surface area is 345 Å². The lowest BCUT2D eigenvalue weighted by molar-refractivity contribution is -0.159. The van der Waals surface area contributed by atoms with Gasteiger partial charge in [-0.1, -0.05) is 170 Å². The van der Waals surface area contributed by atoms with E-state index in [1.807, 2.05) is 18.2 Å². The molecule has 0 aromatic rings. The van der Waals surface area contributed by atoms with E-state index in [2.05, 4.69) is 67.0 Å². The number of aliphatic hydroxyl groups excluding tert-OH is 2. The molecule has 0 aliphatic carbocycles. The Morgan fingerprint density at radius 3 is 1.60 bits per heavy atom. The molecule has 0 spiro atoms. The second kappa shape index (κ2) is 41.3. The van der Waals surface area contributed by atoms with Crippen LogP contribution in [-0.2, 0) is 32.7 Å². The number of aliphatic hydroxyl groups is 2. The summed E-state index contributed by atoms with van der Waals surface area (Å²) < 4.78 is 32.4. The van der Waals surface area contributed by atoms with E-state index in [4.69, 9.17) is 19.1 Å². The van der Waals surface area contributed by atoms with E-state index in [-0.39, 0.29) is 6.42 Å². The van der Waals surface area contributed by atoms with Crippen LogP contribution < -0.4 is 0 Å². The predicted molar refractivity (Wildman–Crippen MR) is 233 cm³/mol. The predicted octanol–water partition coefficient (Wildman–Crippen LogP) is 11.4. The lowest BCUT2D eigenvalue weighted by Gasteiger charge is -2.20. The van der Waals surface area contributed by atoms with Crippen molar-refractivity contribution in [2.75, 3.05) is 26.4 Å². The Morgan fingerprint density at radius 2 is 1.04 bits per heavy atom. The lowest BCUT2D eigenvalue weighted by atomic mass is 10.1. The molecule has 0 aliphatic heterocycles. The summed E-state index contributed by atoms with van der Waals surface area (Å²) in [7, 11) is -4.66. The highest BCUT2D eigenvalue weighted by atomic mass is 31.2. The molecule has 0 rings (SSSR count). The Morgan fingerprint density at radius 1 is 0.579 bits per heavy atom. The summed E-state index contributed by atoms with van der Waals surface area (Å²) in [5.41, 5.74) is 0. The summed E-state index contributed by atoms with van der Waals surface area (Å²) in [6.45, 7) is 2.12. The van der Waals surface area contributed by atoms with Gasteiger partial charge in [0.15, 0.2) is 6.10 Å². The van der Waals surface area contributed by atoms with Crippen molar-refractivity contribution in [1.29, 1.82) is 0 Å². The molecule has 0 heterocycles. The number of carbonyl (C=O) groups is 2. The molecule has 10 nitrogen and oxygen atoms in total. The molecular weight excluding hydrogens is 743 g/mol. The molecule has 0 aromatic heterocycles. The lowest BCUT2D eigenvalue weighted by Crippen LogP contribution is -2.29. The van der Waals surface area contributed by atoms with Crippen LogP contribution in [-0.4, -0.2) is 65.7 Å². The molecule has 3 N–H and O–H groups in total. The van der Waals surface area contributed by atoms with Crippen molar-refractivity contribution in [3.63, 3.8) is 0 Å². The van der Waals surface area contributed by atoms with E-state index in [1.165, 1.54) is 96.0 Å². The van der Waals surface area contributed by atoms with E-state index in [0.717, 1.165) is 38.5 Å². The van der Waals surface area contributed by atoms with Crippen LogP contribution in [0.3, 0.4) is 0 Å². The topological polar surface area (TPSA) is 149 Å². The van der Waals surface area contributed by atoms with E-state index >= 15 is 0 Å².